The van der Waals surface area contributed by atoms with Crippen LogP contribution in [0.1, 0.15) is 13.3 Å². The highest BCUT2D eigenvalue weighted by Crippen LogP contribution is 2.15. The fraction of sp³-hybridized carbons (Fsp3) is 0.333. The number of nitrogens with zero attached hydrogens (tertiary/aromatic N) is 1. The molecule has 0 bridgehead atoms. The van der Waals surface area contributed by atoms with Gasteiger partial charge in [-0.05, 0) is 49.7 Å². The third kappa shape index (κ3) is 5.55. The van der Waals surface area contributed by atoms with Gasteiger partial charge in [0.2, 0.25) is 10.0 Å². The predicted molar refractivity (Wildman–Crippen MR) is 104 cm³/mol. The molecule has 0 aliphatic carbocycles. The molecule has 1 N–H and O–H groups in total. The molecule has 2 aromatic carbocycles. The fourth-order valence-corrected chi connectivity index (χ4v) is 4.24. The molecule has 0 fully saturated rings. The van der Waals surface area contributed by atoms with Gasteiger partial charge in [-0.25, -0.2) is 21.6 Å². The highest BCUT2D eigenvalue weighted by Gasteiger charge is 2.15. The van der Waals surface area contributed by atoms with E-state index in [4.69, 9.17) is 0 Å². The Morgan fingerprint density at radius 3 is 2.00 bits per heavy atom. The zero-order valence-corrected chi connectivity index (χ0v) is 16.6. The molecule has 0 saturated carbocycles. The molecule has 2 rings (SSSR count). The average molecular weight is 397 g/mol. The maximum Gasteiger partial charge on any atom is 0.240 e. The molecule has 0 heterocycles. The summed E-state index contributed by atoms with van der Waals surface area (Å²) in [6.07, 6.45) is 1.74. The molecule has 0 aliphatic heterocycles. The number of hydrogen-bond donors (Lipinski definition) is 1. The Bertz CT molecular complexity index is 909. The molecule has 0 radical (unpaired) electrons. The summed E-state index contributed by atoms with van der Waals surface area (Å²) in [4.78, 5) is 2.33. The molecule has 0 aromatic heterocycles. The zero-order valence-electron chi connectivity index (χ0n) is 14.9. The quantitative estimate of drug-likeness (QED) is 0.658. The lowest BCUT2D eigenvalue weighted by molar-refractivity contribution is 0.577. The Hall–Kier alpha value is -1.90. The highest BCUT2D eigenvalue weighted by atomic mass is 32.2. The van der Waals surface area contributed by atoms with Gasteiger partial charge in [-0.15, -0.1) is 0 Å². The maximum atomic E-state index is 12.3. The molecule has 0 spiro atoms. The Labute approximate surface area is 155 Å². The summed E-state index contributed by atoms with van der Waals surface area (Å²) < 4.78 is 50.1. The van der Waals surface area contributed by atoms with Crippen molar-refractivity contribution in [3.63, 3.8) is 0 Å². The van der Waals surface area contributed by atoms with E-state index in [2.05, 4.69) is 16.5 Å². The van der Waals surface area contributed by atoms with Crippen LogP contribution < -0.4 is 9.62 Å². The molecule has 0 amide bonds. The van der Waals surface area contributed by atoms with Crippen molar-refractivity contribution in [3.05, 3.63) is 54.6 Å². The van der Waals surface area contributed by atoms with Crippen LogP contribution in [0.3, 0.4) is 0 Å². The molecular formula is C18H24N2O4S2. The standard InChI is InChI=1S/C18H24N2O4S2/c1-3-20(16-8-5-4-6-9-16)15-7-14-19-26(23,24)18-12-10-17(11-13-18)25(2,21)22/h4-6,8-13,19H,3,7,14-15H2,1-2H3. The Balaban J connectivity index is 1.92. The first-order chi connectivity index (χ1) is 12.2. The van der Waals surface area contributed by atoms with E-state index in [9.17, 15) is 16.8 Å². The maximum absolute atomic E-state index is 12.3. The highest BCUT2D eigenvalue weighted by molar-refractivity contribution is 7.90. The van der Waals surface area contributed by atoms with Crippen LogP contribution in [0.25, 0.3) is 0 Å². The number of anilines is 1. The monoisotopic (exact) mass is 396 g/mol. The van der Waals surface area contributed by atoms with Crippen LogP contribution in [0.4, 0.5) is 5.69 Å². The summed E-state index contributed by atoms with van der Waals surface area (Å²) >= 11 is 0. The summed E-state index contributed by atoms with van der Waals surface area (Å²) in [5, 5.41) is 0. The lowest BCUT2D eigenvalue weighted by Gasteiger charge is -2.23. The van der Waals surface area contributed by atoms with Crippen LogP contribution in [-0.4, -0.2) is 42.7 Å². The number of nitrogens with one attached hydrogen (secondary N) is 1. The summed E-state index contributed by atoms with van der Waals surface area (Å²) in [6.45, 7) is 3.93. The smallest absolute Gasteiger partial charge is 0.240 e. The molecule has 0 atom stereocenters. The van der Waals surface area contributed by atoms with Gasteiger partial charge in [0, 0.05) is 31.6 Å². The van der Waals surface area contributed by atoms with E-state index < -0.39 is 19.9 Å². The predicted octanol–water partition coefficient (Wildman–Crippen LogP) is 2.29. The van der Waals surface area contributed by atoms with Crippen LogP contribution in [0, 0.1) is 0 Å². The van der Waals surface area contributed by atoms with Crippen LogP contribution in [0.5, 0.6) is 0 Å². The number of sulfonamides is 1. The number of hydrogen-bond acceptors (Lipinski definition) is 5. The first kappa shape index (κ1) is 20.4. The van der Waals surface area contributed by atoms with Crippen molar-refractivity contribution in [1.29, 1.82) is 0 Å². The number of sulfone groups is 1. The average Bonchev–Trinajstić information content (AvgIpc) is 2.62. The van der Waals surface area contributed by atoms with E-state index in [1.807, 2.05) is 30.3 Å². The van der Waals surface area contributed by atoms with Crippen molar-refractivity contribution < 1.29 is 16.8 Å². The SMILES string of the molecule is CCN(CCCNS(=O)(=O)c1ccc(S(C)(=O)=O)cc1)c1ccccc1. The van der Waals surface area contributed by atoms with Gasteiger partial charge in [-0.3, -0.25) is 0 Å². The van der Waals surface area contributed by atoms with E-state index >= 15 is 0 Å². The van der Waals surface area contributed by atoms with Crippen molar-refractivity contribution in [2.24, 2.45) is 0 Å². The van der Waals surface area contributed by atoms with Gasteiger partial charge in [-0.2, -0.15) is 0 Å². The summed E-state index contributed by atoms with van der Waals surface area (Å²) in [6, 6.07) is 15.2. The second kappa shape index (κ2) is 8.66. The Morgan fingerprint density at radius 2 is 1.46 bits per heavy atom. The van der Waals surface area contributed by atoms with Gasteiger partial charge in [0.25, 0.3) is 0 Å². The van der Waals surface area contributed by atoms with Crippen molar-refractivity contribution >= 4 is 25.5 Å². The fourth-order valence-electron chi connectivity index (χ4n) is 2.53. The third-order valence-electron chi connectivity index (χ3n) is 3.96. The summed E-state index contributed by atoms with van der Waals surface area (Å²) in [5.74, 6) is 0. The van der Waals surface area contributed by atoms with Gasteiger partial charge < -0.3 is 4.90 Å². The minimum Gasteiger partial charge on any atom is -0.372 e. The zero-order chi connectivity index (χ0) is 19.2. The lowest BCUT2D eigenvalue weighted by Crippen LogP contribution is -2.30. The van der Waals surface area contributed by atoms with Crippen LogP contribution >= 0.6 is 0 Å². The first-order valence-corrected chi connectivity index (χ1v) is 11.7. The van der Waals surface area contributed by atoms with E-state index in [1.165, 1.54) is 24.3 Å². The summed E-state index contributed by atoms with van der Waals surface area (Å²) in [7, 11) is -7.00. The Kier molecular flexibility index (Phi) is 6.80. The van der Waals surface area contributed by atoms with E-state index in [0.717, 1.165) is 25.0 Å². The molecule has 6 nitrogen and oxygen atoms in total. The lowest BCUT2D eigenvalue weighted by atomic mass is 10.2. The largest absolute Gasteiger partial charge is 0.372 e. The van der Waals surface area contributed by atoms with E-state index in [-0.39, 0.29) is 9.79 Å². The minimum atomic E-state index is -3.66. The molecular weight excluding hydrogens is 372 g/mol. The van der Waals surface area contributed by atoms with Gasteiger partial charge in [0.05, 0.1) is 9.79 Å². The van der Waals surface area contributed by atoms with Crippen molar-refractivity contribution in [2.75, 3.05) is 30.8 Å². The number of rotatable bonds is 9. The number of para-hydroxylation sites is 1. The second-order valence-corrected chi connectivity index (χ2v) is 9.69. The van der Waals surface area contributed by atoms with Gasteiger partial charge in [-0.1, -0.05) is 18.2 Å². The normalized spacial score (nSPS) is 12.1. The topological polar surface area (TPSA) is 83.6 Å². The van der Waals surface area contributed by atoms with E-state index in [0.29, 0.717) is 13.0 Å². The van der Waals surface area contributed by atoms with Crippen LogP contribution in [0.2, 0.25) is 0 Å². The first-order valence-electron chi connectivity index (χ1n) is 8.34. The molecule has 0 unspecified atom stereocenters. The molecule has 2 aromatic rings. The van der Waals surface area contributed by atoms with Crippen molar-refractivity contribution in [3.8, 4) is 0 Å². The van der Waals surface area contributed by atoms with Crippen LogP contribution in [0.15, 0.2) is 64.4 Å². The third-order valence-corrected chi connectivity index (χ3v) is 6.57. The molecule has 8 heteroatoms. The van der Waals surface area contributed by atoms with Crippen molar-refractivity contribution in [2.45, 2.75) is 23.1 Å². The van der Waals surface area contributed by atoms with Gasteiger partial charge in [0.15, 0.2) is 9.84 Å². The minimum absolute atomic E-state index is 0.0558. The van der Waals surface area contributed by atoms with Crippen molar-refractivity contribution in [1.82, 2.24) is 4.72 Å². The van der Waals surface area contributed by atoms with Crippen LogP contribution in [-0.2, 0) is 19.9 Å². The molecule has 0 saturated heterocycles. The molecule has 142 valence electrons. The Morgan fingerprint density at radius 1 is 0.885 bits per heavy atom. The number of benzene rings is 2. The van der Waals surface area contributed by atoms with E-state index in [1.54, 1.807) is 0 Å². The van der Waals surface area contributed by atoms with Gasteiger partial charge in [0.1, 0.15) is 0 Å². The second-order valence-electron chi connectivity index (χ2n) is 5.91. The molecule has 0 aliphatic rings. The molecule has 26 heavy (non-hydrogen) atoms. The summed E-state index contributed by atoms with van der Waals surface area (Å²) in [5.41, 5.74) is 1.11. The van der Waals surface area contributed by atoms with Gasteiger partial charge >= 0.3 is 0 Å².